The Balaban J connectivity index is 1.10. The standard InChI is InChI=1S/C56H37NO2/c1-55(2)44-17-7-5-15-39(44)40-27-24-37(33-49(40)55)57(36-26-30-51-42(31-36)41-16-6-10-20-50(41)58-51)35-25-29-45-43(32-35)54-38-14-4-3-13-34(38)23-28-48(54)56(45)46-18-8-11-21-52(46)59-53-22-12-9-19-47(53)56/h3-33H,1-2H3. The molecule has 3 aliphatic rings. The average molecular weight is 756 g/mol. The van der Waals surface area contributed by atoms with Crippen molar-refractivity contribution in [2.45, 2.75) is 24.7 Å². The largest absolute Gasteiger partial charge is 0.457 e. The number of fused-ring (bicyclic) bond motifs is 17. The molecule has 0 saturated heterocycles. The monoisotopic (exact) mass is 755 g/mol. The van der Waals surface area contributed by atoms with Gasteiger partial charge in [0.1, 0.15) is 22.7 Å². The lowest BCUT2D eigenvalue weighted by atomic mass is 9.66. The third-order valence-corrected chi connectivity index (χ3v) is 13.5. The zero-order chi connectivity index (χ0) is 39.0. The van der Waals surface area contributed by atoms with Crippen molar-refractivity contribution in [1.82, 2.24) is 0 Å². The minimum Gasteiger partial charge on any atom is -0.457 e. The fraction of sp³-hybridized carbons (Fsp3) is 0.0714. The van der Waals surface area contributed by atoms with Crippen LogP contribution in [0.4, 0.5) is 17.1 Å². The van der Waals surface area contributed by atoms with Gasteiger partial charge in [0.2, 0.25) is 0 Å². The van der Waals surface area contributed by atoms with Crippen molar-refractivity contribution in [1.29, 1.82) is 0 Å². The van der Waals surface area contributed by atoms with Crippen LogP contribution in [0.2, 0.25) is 0 Å². The van der Waals surface area contributed by atoms with Gasteiger partial charge in [0.05, 0.1) is 5.41 Å². The van der Waals surface area contributed by atoms with Crippen molar-refractivity contribution >= 4 is 49.8 Å². The molecule has 1 aromatic heterocycles. The van der Waals surface area contributed by atoms with Gasteiger partial charge in [0.15, 0.2) is 0 Å². The van der Waals surface area contributed by atoms with E-state index >= 15 is 0 Å². The molecule has 10 aromatic rings. The number of ether oxygens (including phenoxy) is 1. The van der Waals surface area contributed by atoms with Crippen LogP contribution in [-0.2, 0) is 10.8 Å². The van der Waals surface area contributed by atoms with Gasteiger partial charge in [0.25, 0.3) is 0 Å². The van der Waals surface area contributed by atoms with Crippen LogP contribution in [-0.4, -0.2) is 0 Å². The highest BCUT2D eigenvalue weighted by molar-refractivity contribution is 6.08. The predicted octanol–water partition coefficient (Wildman–Crippen LogP) is 15.0. The SMILES string of the molecule is CC1(C)c2ccccc2-c2ccc(N(c3ccc4c(c3)-c3c(ccc5ccccc35)C43c4ccccc4Oc4ccccc43)c3ccc4oc5ccccc5c4c3)cc21. The molecule has 1 aliphatic heterocycles. The fourth-order valence-electron chi connectivity index (χ4n) is 10.9. The summed E-state index contributed by atoms with van der Waals surface area (Å²) < 4.78 is 13.0. The summed E-state index contributed by atoms with van der Waals surface area (Å²) in [5, 5.41) is 4.69. The van der Waals surface area contributed by atoms with Gasteiger partial charge in [-0.2, -0.15) is 0 Å². The van der Waals surface area contributed by atoms with Crippen molar-refractivity contribution in [3.05, 3.63) is 221 Å². The van der Waals surface area contributed by atoms with Gasteiger partial charge in [-0.3, -0.25) is 0 Å². The molecule has 0 saturated carbocycles. The first-order chi connectivity index (χ1) is 29.0. The third kappa shape index (κ3) is 4.26. The van der Waals surface area contributed by atoms with Crippen molar-refractivity contribution in [2.75, 3.05) is 4.90 Å². The minimum absolute atomic E-state index is 0.148. The molecular formula is C56H37NO2. The number of hydrogen-bond donors (Lipinski definition) is 0. The highest BCUT2D eigenvalue weighted by Gasteiger charge is 2.51. The van der Waals surface area contributed by atoms with Gasteiger partial charge in [0, 0.05) is 44.4 Å². The van der Waals surface area contributed by atoms with E-state index in [0.29, 0.717) is 0 Å². The summed E-state index contributed by atoms with van der Waals surface area (Å²) in [6.07, 6.45) is 0. The van der Waals surface area contributed by atoms with Crippen molar-refractivity contribution in [2.24, 2.45) is 0 Å². The normalized spacial score (nSPS) is 14.7. The topological polar surface area (TPSA) is 25.6 Å². The zero-order valence-electron chi connectivity index (χ0n) is 32.7. The first-order valence-electron chi connectivity index (χ1n) is 20.5. The van der Waals surface area contributed by atoms with Gasteiger partial charge in [-0.1, -0.05) is 141 Å². The summed E-state index contributed by atoms with van der Waals surface area (Å²) >= 11 is 0. The van der Waals surface area contributed by atoms with Gasteiger partial charge >= 0.3 is 0 Å². The molecule has 0 fully saturated rings. The second kappa shape index (κ2) is 11.6. The molecule has 3 heteroatoms. The van der Waals surface area contributed by atoms with Gasteiger partial charge < -0.3 is 14.1 Å². The molecule has 0 atom stereocenters. The fourth-order valence-corrected chi connectivity index (χ4v) is 10.9. The molecule has 2 heterocycles. The molecule has 1 spiro atoms. The molecule has 3 nitrogen and oxygen atoms in total. The molecule has 2 aliphatic carbocycles. The van der Waals surface area contributed by atoms with Crippen LogP contribution in [0.15, 0.2) is 192 Å². The Morgan fingerprint density at radius 2 is 0.983 bits per heavy atom. The smallest absolute Gasteiger partial charge is 0.135 e. The first kappa shape index (κ1) is 32.7. The Hall–Kier alpha value is -7.36. The molecule has 13 rings (SSSR count). The lowest BCUT2D eigenvalue weighted by Gasteiger charge is -2.39. The zero-order valence-corrected chi connectivity index (χ0v) is 32.7. The van der Waals surface area contributed by atoms with Crippen LogP contribution in [0.1, 0.15) is 47.2 Å². The van der Waals surface area contributed by atoms with E-state index in [1.54, 1.807) is 0 Å². The molecule has 0 bridgehead atoms. The van der Waals surface area contributed by atoms with Crippen LogP contribution < -0.4 is 9.64 Å². The van der Waals surface area contributed by atoms with Crippen LogP contribution in [0.5, 0.6) is 11.5 Å². The van der Waals surface area contributed by atoms with E-state index in [1.807, 2.05) is 6.07 Å². The Morgan fingerprint density at radius 1 is 0.390 bits per heavy atom. The summed E-state index contributed by atoms with van der Waals surface area (Å²) in [4.78, 5) is 2.45. The van der Waals surface area contributed by atoms with Gasteiger partial charge in [-0.05, 0) is 116 Å². The number of anilines is 3. The Bertz CT molecular complexity index is 3380. The molecule has 59 heavy (non-hydrogen) atoms. The molecular weight excluding hydrogens is 719 g/mol. The van der Waals surface area contributed by atoms with E-state index < -0.39 is 5.41 Å². The summed E-state index contributed by atoms with van der Waals surface area (Å²) in [6.45, 7) is 4.71. The molecule has 0 radical (unpaired) electrons. The number of para-hydroxylation sites is 3. The predicted molar refractivity (Wildman–Crippen MR) is 241 cm³/mol. The van der Waals surface area contributed by atoms with Crippen LogP contribution >= 0.6 is 0 Å². The second-order valence-electron chi connectivity index (χ2n) is 16.8. The highest BCUT2D eigenvalue weighted by Crippen LogP contribution is 2.64. The third-order valence-electron chi connectivity index (χ3n) is 13.5. The van der Waals surface area contributed by atoms with Crippen molar-refractivity contribution in [3.63, 3.8) is 0 Å². The second-order valence-corrected chi connectivity index (χ2v) is 16.8. The maximum Gasteiger partial charge on any atom is 0.135 e. The average Bonchev–Trinajstić information content (AvgIpc) is 3.87. The lowest BCUT2D eigenvalue weighted by Crippen LogP contribution is -2.32. The number of rotatable bonds is 3. The summed E-state index contributed by atoms with van der Waals surface area (Å²) in [7, 11) is 0. The minimum atomic E-state index is -0.568. The number of nitrogens with zero attached hydrogens (tertiary/aromatic N) is 1. The van der Waals surface area contributed by atoms with Gasteiger partial charge in [-0.15, -0.1) is 0 Å². The molecule has 278 valence electrons. The Kier molecular flexibility index (Phi) is 6.44. The van der Waals surface area contributed by atoms with E-state index in [0.717, 1.165) is 61.6 Å². The van der Waals surface area contributed by atoms with Gasteiger partial charge in [-0.25, -0.2) is 0 Å². The van der Waals surface area contributed by atoms with E-state index in [4.69, 9.17) is 9.15 Å². The quantitative estimate of drug-likeness (QED) is 0.180. The maximum absolute atomic E-state index is 6.68. The first-order valence-corrected chi connectivity index (χ1v) is 20.5. The Morgan fingerprint density at radius 3 is 1.81 bits per heavy atom. The number of benzene rings is 9. The summed E-state index contributed by atoms with van der Waals surface area (Å²) in [5.41, 5.74) is 17.0. The van der Waals surface area contributed by atoms with Crippen LogP contribution in [0, 0.1) is 0 Å². The van der Waals surface area contributed by atoms with E-state index in [9.17, 15) is 0 Å². The van der Waals surface area contributed by atoms with Crippen molar-refractivity contribution in [3.8, 4) is 33.8 Å². The Labute approximate surface area is 342 Å². The van der Waals surface area contributed by atoms with E-state index in [-0.39, 0.29) is 5.41 Å². The molecule has 0 unspecified atom stereocenters. The summed E-state index contributed by atoms with van der Waals surface area (Å²) in [5.74, 6) is 1.79. The highest BCUT2D eigenvalue weighted by atomic mass is 16.5. The van der Waals surface area contributed by atoms with Crippen molar-refractivity contribution < 1.29 is 9.15 Å². The molecule has 9 aromatic carbocycles. The number of hydrogen-bond acceptors (Lipinski definition) is 3. The molecule has 0 N–H and O–H groups in total. The lowest BCUT2D eigenvalue weighted by molar-refractivity contribution is 0.436. The van der Waals surface area contributed by atoms with E-state index in [2.05, 4.69) is 201 Å². The van der Waals surface area contributed by atoms with Crippen LogP contribution in [0.25, 0.3) is 55.0 Å². The number of furan rings is 1. The van der Waals surface area contributed by atoms with E-state index in [1.165, 1.54) is 55.3 Å². The molecule has 0 amide bonds. The summed E-state index contributed by atoms with van der Waals surface area (Å²) in [6, 6.07) is 68.8. The van der Waals surface area contributed by atoms with Crippen LogP contribution in [0.3, 0.4) is 0 Å². The maximum atomic E-state index is 6.68.